The van der Waals surface area contributed by atoms with Gasteiger partial charge in [0.15, 0.2) is 0 Å². The first-order chi connectivity index (χ1) is 10.7. The second kappa shape index (κ2) is 6.60. The molecule has 5 nitrogen and oxygen atoms in total. The molecule has 1 aliphatic heterocycles. The minimum absolute atomic E-state index is 0.232. The largest absolute Gasteiger partial charge is 0.391 e. The number of fused-ring (bicyclic) bond motifs is 1. The lowest BCUT2D eigenvalue weighted by Gasteiger charge is -2.28. The minimum Gasteiger partial charge on any atom is -0.391 e. The van der Waals surface area contributed by atoms with Gasteiger partial charge in [0.05, 0.1) is 12.2 Å². The normalized spacial score (nSPS) is 22.1. The number of aryl methyl sites for hydroxylation is 1. The van der Waals surface area contributed by atoms with Gasteiger partial charge in [0.1, 0.15) is 39.3 Å². The van der Waals surface area contributed by atoms with E-state index < -0.39 is 0 Å². The van der Waals surface area contributed by atoms with Crippen molar-refractivity contribution < 1.29 is 19.7 Å². The third-order valence-electron chi connectivity index (χ3n) is 4.71. The van der Waals surface area contributed by atoms with Crippen molar-refractivity contribution in [3.05, 3.63) is 35.5 Å². The molecule has 0 amide bonds. The van der Waals surface area contributed by atoms with Crippen LogP contribution in [0.15, 0.2) is 24.3 Å². The van der Waals surface area contributed by atoms with Gasteiger partial charge in [0.25, 0.3) is 0 Å². The number of benzene rings is 1. The van der Waals surface area contributed by atoms with Crippen molar-refractivity contribution >= 4 is 16.7 Å². The van der Waals surface area contributed by atoms with Crippen LogP contribution in [0.1, 0.15) is 16.1 Å². The summed E-state index contributed by atoms with van der Waals surface area (Å²) in [5, 5.41) is 10.0. The molecule has 3 rings (SSSR count). The van der Waals surface area contributed by atoms with Crippen LogP contribution in [-0.4, -0.2) is 61.7 Å². The summed E-state index contributed by atoms with van der Waals surface area (Å²) in [5.74, 6) is 0.232. The number of hydrogen-bond donors (Lipinski definition) is 4. The number of ketones is 1. The number of hydrogen-bond acceptors (Lipinski definition) is 2. The van der Waals surface area contributed by atoms with Crippen molar-refractivity contribution in [1.29, 1.82) is 0 Å². The number of piperazine rings is 1. The Morgan fingerprint density at radius 1 is 1.18 bits per heavy atom. The number of aromatic amines is 1. The Balaban J connectivity index is 1.68. The number of para-hydroxylation sites is 1. The average Bonchev–Trinajstić information content (AvgIpc) is 2.85. The Kier molecular flexibility index (Phi) is 4.57. The molecule has 0 saturated carbocycles. The molecule has 0 bridgehead atoms. The molecule has 0 spiro atoms. The highest BCUT2D eigenvalue weighted by Crippen LogP contribution is 2.21. The maximum atomic E-state index is 12.7. The van der Waals surface area contributed by atoms with E-state index in [4.69, 9.17) is 5.11 Å². The van der Waals surface area contributed by atoms with Crippen LogP contribution in [0, 0.1) is 6.92 Å². The van der Waals surface area contributed by atoms with Crippen molar-refractivity contribution in [1.82, 2.24) is 4.98 Å². The molecule has 1 aromatic heterocycles. The summed E-state index contributed by atoms with van der Waals surface area (Å²) in [6.07, 6.45) is 0. The van der Waals surface area contributed by atoms with E-state index in [-0.39, 0.29) is 12.4 Å². The molecule has 0 unspecified atom stereocenters. The molecule has 118 valence electrons. The summed E-state index contributed by atoms with van der Waals surface area (Å²) in [7, 11) is 0. The molecule has 1 aromatic carbocycles. The number of H-pyrrole nitrogens is 1. The van der Waals surface area contributed by atoms with Crippen LogP contribution >= 0.6 is 0 Å². The standard InChI is InChI=1S/C17H23N3O2/c1-13-17(14-4-2-3-5-15(14)18-13)16(22)12-20-8-6-19(7-9-20)10-11-21/h2-5,18,21H,6-12H2,1H3/p+2. The van der Waals surface area contributed by atoms with Crippen molar-refractivity contribution in [3.8, 4) is 0 Å². The van der Waals surface area contributed by atoms with Crippen LogP contribution in [0.3, 0.4) is 0 Å². The van der Waals surface area contributed by atoms with Gasteiger partial charge in [0.2, 0.25) is 5.78 Å². The summed E-state index contributed by atoms with van der Waals surface area (Å²) < 4.78 is 0. The van der Waals surface area contributed by atoms with E-state index in [2.05, 4.69) is 4.98 Å². The van der Waals surface area contributed by atoms with E-state index in [1.54, 1.807) is 0 Å². The topological polar surface area (TPSA) is 62.0 Å². The quantitative estimate of drug-likeness (QED) is 0.505. The van der Waals surface area contributed by atoms with Gasteiger partial charge < -0.3 is 19.9 Å². The highest BCUT2D eigenvalue weighted by molar-refractivity contribution is 6.09. The van der Waals surface area contributed by atoms with Gasteiger partial charge in [-0.05, 0) is 13.0 Å². The lowest BCUT2D eigenvalue weighted by molar-refractivity contribution is -1.01. The zero-order valence-corrected chi connectivity index (χ0v) is 13.1. The lowest BCUT2D eigenvalue weighted by Crippen LogP contribution is -3.28. The Morgan fingerprint density at radius 2 is 1.86 bits per heavy atom. The number of aromatic nitrogens is 1. The molecule has 0 radical (unpaired) electrons. The SMILES string of the molecule is Cc1[nH]c2ccccc2c1C(=O)C[NH+]1CC[NH+](CCO)CC1. The van der Waals surface area contributed by atoms with E-state index in [0.29, 0.717) is 6.54 Å². The van der Waals surface area contributed by atoms with Crippen LogP contribution in [0.25, 0.3) is 10.9 Å². The third kappa shape index (κ3) is 3.06. The summed E-state index contributed by atoms with van der Waals surface area (Å²) in [5.41, 5.74) is 2.86. The zero-order valence-electron chi connectivity index (χ0n) is 13.1. The Morgan fingerprint density at radius 3 is 2.59 bits per heavy atom. The molecule has 4 N–H and O–H groups in total. The number of rotatable bonds is 5. The lowest BCUT2D eigenvalue weighted by atomic mass is 10.1. The smallest absolute Gasteiger partial charge is 0.219 e. The van der Waals surface area contributed by atoms with Gasteiger partial charge in [-0.15, -0.1) is 0 Å². The van der Waals surface area contributed by atoms with Crippen molar-refractivity contribution in [2.75, 3.05) is 45.9 Å². The minimum atomic E-state index is 0.232. The first kappa shape index (κ1) is 15.2. The fourth-order valence-electron chi connectivity index (χ4n) is 3.49. The second-order valence-electron chi connectivity index (χ2n) is 6.24. The molecule has 2 heterocycles. The monoisotopic (exact) mass is 303 g/mol. The van der Waals surface area contributed by atoms with Crippen LogP contribution in [0.4, 0.5) is 0 Å². The fourth-order valence-corrected chi connectivity index (χ4v) is 3.49. The van der Waals surface area contributed by atoms with Gasteiger partial charge >= 0.3 is 0 Å². The highest BCUT2D eigenvalue weighted by Gasteiger charge is 2.26. The van der Waals surface area contributed by atoms with E-state index in [1.807, 2.05) is 31.2 Å². The molecule has 22 heavy (non-hydrogen) atoms. The molecular formula is C17H25N3O2+2. The van der Waals surface area contributed by atoms with E-state index in [0.717, 1.165) is 54.9 Å². The maximum absolute atomic E-state index is 12.7. The van der Waals surface area contributed by atoms with Gasteiger partial charge in [-0.25, -0.2) is 0 Å². The van der Waals surface area contributed by atoms with Crippen LogP contribution in [0.2, 0.25) is 0 Å². The van der Waals surface area contributed by atoms with E-state index in [9.17, 15) is 4.79 Å². The summed E-state index contributed by atoms with van der Waals surface area (Å²) in [6.45, 7) is 7.69. The highest BCUT2D eigenvalue weighted by atomic mass is 16.3. The molecule has 1 fully saturated rings. The van der Waals surface area contributed by atoms with Crippen molar-refractivity contribution in [2.45, 2.75) is 6.92 Å². The Hall–Kier alpha value is -1.69. The van der Waals surface area contributed by atoms with Gasteiger partial charge in [-0.2, -0.15) is 0 Å². The molecule has 2 aromatic rings. The fraction of sp³-hybridized carbons (Fsp3) is 0.471. The van der Waals surface area contributed by atoms with E-state index >= 15 is 0 Å². The summed E-state index contributed by atoms with van der Waals surface area (Å²) in [4.78, 5) is 18.8. The number of aliphatic hydroxyl groups is 1. The average molecular weight is 303 g/mol. The molecule has 1 aliphatic rings. The zero-order chi connectivity index (χ0) is 15.5. The number of nitrogens with one attached hydrogen (secondary N) is 3. The molecule has 1 saturated heterocycles. The van der Waals surface area contributed by atoms with Crippen molar-refractivity contribution in [3.63, 3.8) is 0 Å². The molecule has 0 atom stereocenters. The summed E-state index contributed by atoms with van der Waals surface area (Å²) in [6, 6.07) is 8.00. The first-order valence-corrected chi connectivity index (χ1v) is 8.07. The molecular weight excluding hydrogens is 278 g/mol. The van der Waals surface area contributed by atoms with Crippen molar-refractivity contribution in [2.24, 2.45) is 0 Å². The predicted molar refractivity (Wildman–Crippen MR) is 85.6 cm³/mol. The number of quaternary nitrogens is 2. The number of carbonyl (C=O) groups excluding carboxylic acids is 1. The van der Waals surface area contributed by atoms with Gasteiger partial charge in [0, 0.05) is 16.6 Å². The van der Waals surface area contributed by atoms with Crippen LogP contribution in [0.5, 0.6) is 0 Å². The second-order valence-corrected chi connectivity index (χ2v) is 6.24. The number of Topliss-reactive ketones (excluding diaryl/α,β-unsaturated/α-hetero) is 1. The maximum Gasteiger partial charge on any atom is 0.219 e. The van der Waals surface area contributed by atoms with Gasteiger partial charge in [-0.3, -0.25) is 4.79 Å². The first-order valence-electron chi connectivity index (χ1n) is 8.07. The Labute approximate surface area is 130 Å². The number of aliphatic hydroxyl groups excluding tert-OH is 1. The predicted octanol–water partition coefficient (Wildman–Crippen LogP) is -1.57. The molecule has 5 heteroatoms. The number of carbonyl (C=O) groups is 1. The molecule has 0 aliphatic carbocycles. The van der Waals surface area contributed by atoms with Crippen LogP contribution < -0.4 is 9.80 Å². The summed E-state index contributed by atoms with van der Waals surface area (Å²) >= 11 is 0. The van der Waals surface area contributed by atoms with Gasteiger partial charge in [-0.1, -0.05) is 18.2 Å². The van der Waals surface area contributed by atoms with Crippen LogP contribution in [-0.2, 0) is 0 Å². The third-order valence-corrected chi connectivity index (χ3v) is 4.71. The van der Waals surface area contributed by atoms with E-state index in [1.165, 1.54) is 9.80 Å². The Bertz CT molecular complexity index is 657.